The molecule has 2 aromatic rings. The lowest BCUT2D eigenvalue weighted by molar-refractivity contribution is 0.164. The topological polar surface area (TPSA) is 53.7 Å². The van der Waals surface area contributed by atoms with Crippen LogP contribution in [-0.4, -0.2) is 44.1 Å². The summed E-state index contributed by atoms with van der Waals surface area (Å²) in [5, 5.41) is 9.13. The zero-order valence-corrected chi connectivity index (χ0v) is 14.4. The molecule has 22 heavy (non-hydrogen) atoms. The lowest BCUT2D eigenvalue weighted by atomic mass is 9.96. The number of aryl methyl sites for hydroxylation is 2. The van der Waals surface area contributed by atoms with E-state index in [1.807, 2.05) is 13.1 Å². The first-order valence-electron chi connectivity index (χ1n) is 7.94. The molecule has 5 heteroatoms. The van der Waals surface area contributed by atoms with Gasteiger partial charge in [-0.05, 0) is 31.7 Å². The predicted octanol–water partition coefficient (Wildman–Crippen LogP) is 2.58. The molecule has 0 aliphatic rings. The van der Waals surface area contributed by atoms with Gasteiger partial charge in [-0.25, -0.2) is 9.97 Å². The average Bonchev–Trinajstić information content (AvgIpc) is 2.77. The minimum Gasteiger partial charge on any atom is -0.396 e. The molecule has 0 radical (unpaired) electrons. The van der Waals surface area contributed by atoms with Gasteiger partial charge in [0.15, 0.2) is 0 Å². The average molecular weight is 304 g/mol. The first kappa shape index (κ1) is 16.9. The Balaban J connectivity index is 2.25. The lowest BCUT2D eigenvalue weighted by Gasteiger charge is -2.29. The number of aliphatic hydroxyl groups is 1. The summed E-state index contributed by atoms with van der Waals surface area (Å²) >= 11 is 0. The van der Waals surface area contributed by atoms with Crippen molar-refractivity contribution in [2.75, 3.05) is 19.7 Å². The van der Waals surface area contributed by atoms with Gasteiger partial charge in [0.05, 0.1) is 11.9 Å². The molecule has 0 saturated heterocycles. The van der Waals surface area contributed by atoms with Gasteiger partial charge in [-0.3, -0.25) is 9.30 Å². The van der Waals surface area contributed by atoms with Crippen LogP contribution < -0.4 is 0 Å². The Labute approximate surface area is 133 Å². The lowest BCUT2D eigenvalue weighted by Crippen LogP contribution is -2.34. The molecule has 2 rings (SSSR count). The summed E-state index contributed by atoms with van der Waals surface area (Å²) in [6.07, 6.45) is 2.71. The summed E-state index contributed by atoms with van der Waals surface area (Å²) in [5.74, 6) is 0.769. The Morgan fingerprint density at radius 3 is 2.64 bits per heavy atom. The summed E-state index contributed by atoms with van der Waals surface area (Å²) in [4.78, 5) is 11.3. The Bertz CT molecular complexity index is 627. The Hall–Kier alpha value is -1.46. The van der Waals surface area contributed by atoms with Crippen LogP contribution in [0.5, 0.6) is 0 Å². The SMILES string of the molecule is Cc1cc(C)n2c(CN(CCCO)CC(C)(C)C)cnc2n1. The standard InChI is InChI=1S/C17H28N4O/c1-13-9-14(2)21-15(10-18-16(21)19-13)11-20(7-6-8-22)12-17(3,4)5/h9-10,22H,6-8,11-12H2,1-5H3. The van der Waals surface area contributed by atoms with Crippen molar-refractivity contribution < 1.29 is 5.11 Å². The van der Waals surface area contributed by atoms with Crippen molar-refractivity contribution in [1.29, 1.82) is 0 Å². The molecule has 5 nitrogen and oxygen atoms in total. The second-order valence-corrected chi connectivity index (χ2v) is 7.27. The number of aliphatic hydroxyl groups excluding tert-OH is 1. The zero-order valence-electron chi connectivity index (χ0n) is 14.4. The van der Waals surface area contributed by atoms with Crippen molar-refractivity contribution in [2.45, 2.75) is 47.6 Å². The molecule has 0 saturated carbocycles. The van der Waals surface area contributed by atoms with Crippen LogP contribution in [-0.2, 0) is 6.54 Å². The second kappa shape index (κ2) is 6.75. The number of fused-ring (bicyclic) bond motifs is 1. The first-order chi connectivity index (χ1) is 10.3. The summed E-state index contributed by atoms with van der Waals surface area (Å²) in [5.41, 5.74) is 3.53. The van der Waals surface area contributed by atoms with Gasteiger partial charge < -0.3 is 5.11 Å². The Morgan fingerprint density at radius 2 is 2.00 bits per heavy atom. The molecule has 0 spiro atoms. The quantitative estimate of drug-likeness (QED) is 0.891. The number of rotatable bonds is 6. The van der Waals surface area contributed by atoms with Gasteiger partial charge in [0, 0.05) is 37.6 Å². The number of imidazole rings is 1. The number of hydrogen-bond acceptors (Lipinski definition) is 4. The van der Waals surface area contributed by atoms with E-state index in [9.17, 15) is 0 Å². The van der Waals surface area contributed by atoms with E-state index in [4.69, 9.17) is 5.11 Å². The molecular weight excluding hydrogens is 276 g/mol. The van der Waals surface area contributed by atoms with Gasteiger partial charge in [0.2, 0.25) is 5.78 Å². The fraction of sp³-hybridized carbons (Fsp3) is 0.647. The predicted molar refractivity (Wildman–Crippen MR) is 88.9 cm³/mol. The summed E-state index contributed by atoms with van der Waals surface area (Å²) < 4.78 is 2.13. The molecule has 1 N–H and O–H groups in total. The van der Waals surface area contributed by atoms with Crippen molar-refractivity contribution in [3.05, 3.63) is 29.3 Å². The third-order valence-corrected chi connectivity index (χ3v) is 3.58. The van der Waals surface area contributed by atoms with Crippen LogP contribution in [0.1, 0.15) is 44.3 Å². The molecule has 2 aromatic heterocycles. The molecule has 0 unspecified atom stereocenters. The summed E-state index contributed by atoms with van der Waals surface area (Å²) in [7, 11) is 0. The number of nitrogens with zero attached hydrogens (tertiary/aromatic N) is 4. The fourth-order valence-electron chi connectivity index (χ4n) is 2.92. The number of hydrogen-bond donors (Lipinski definition) is 1. The zero-order chi connectivity index (χ0) is 16.3. The van der Waals surface area contributed by atoms with Crippen LogP contribution in [0, 0.1) is 19.3 Å². The van der Waals surface area contributed by atoms with Crippen molar-refractivity contribution >= 4 is 5.78 Å². The van der Waals surface area contributed by atoms with E-state index in [0.29, 0.717) is 0 Å². The molecule has 0 amide bonds. The first-order valence-corrected chi connectivity index (χ1v) is 7.94. The summed E-state index contributed by atoms with van der Waals surface area (Å²) in [6.45, 7) is 13.7. The van der Waals surface area contributed by atoms with E-state index in [1.165, 1.54) is 0 Å². The van der Waals surface area contributed by atoms with Gasteiger partial charge in [-0.2, -0.15) is 0 Å². The van der Waals surface area contributed by atoms with Crippen molar-refractivity contribution in [3.63, 3.8) is 0 Å². The molecule has 122 valence electrons. The van der Waals surface area contributed by atoms with Crippen molar-refractivity contribution in [3.8, 4) is 0 Å². The maximum Gasteiger partial charge on any atom is 0.234 e. The second-order valence-electron chi connectivity index (χ2n) is 7.27. The van der Waals surface area contributed by atoms with Crippen LogP contribution in [0.2, 0.25) is 0 Å². The van der Waals surface area contributed by atoms with Crippen molar-refractivity contribution in [1.82, 2.24) is 19.3 Å². The molecular formula is C17H28N4O. The van der Waals surface area contributed by atoms with Crippen LogP contribution in [0.4, 0.5) is 0 Å². The van der Waals surface area contributed by atoms with Gasteiger partial charge in [0.25, 0.3) is 0 Å². The highest BCUT2D eigenvalue weighted by Gasteiger charge is 2.18. The largest absolute Gasteiger partial charge is 0.396 e. The summed E-state index contributed by atoms with van der Waals surface area (Å²) in [6, 6.07) is 2.08. The molecule has 0 atom stereocenters. The number of aromatic nitrogens is 3. The third-order valence-electron chi connectivity index (χ3n) is 3.58. The van der Waals surface area contributed by atoms with Gasteiger partial charge in [0.1, 0.15) is 0 Å². The maximum absolute atomic E-state index is 9.13. The minimum atomic E-state index is 0.222. The highest BCUT2D eigenvalue weighted by atomic mass is 16.3. The molecule has 0 bridgehead atoms. The normalized spacial score (nSPS) is 12.5. The molecule has 0 fully saturated rings. The van der Waals surface area contributed by atoms with Crippen LogP contribution in [0.3, 0.4) is 0 Å². The molecule has 0 aliphatic heterocycles. The highest BCUT2D eigenvalue weighted by Crippen LogP contribution is 2.18. The van der Waals surface area contributed by atoms with Gasteiger partial charge in [-0.1, -0.05) is 20.8 Å². The minimum absolute atomic E-state index is 0.222. The fourth-order valence-corrected chi connectivity index (χ4v) is 2.92. The maximum atomic E-state index is 9.13. The van der Waals surface area contributed by atoms with E-state index < -0.39 is 0 Å². The van der Waals surface area contributed by atoms with Crippen molar-refractivity contribution in [2.24, 2.45) is 5.41 Å². The van der Waals surface area contributed by atoms with E-state index >= 15 is 0 Å². The Morgan fingerprint density at radius 1 is 1.27 bits per heavy atom. The van der Waals surface area contributed by atoms with Crippen LogP contribution >= 0.6 is 0 Å². The van der Waals surface area contributed by atoms with Gasteiger partial charge >= 0.3 is 0 Å². The molecule has 0 aliphatic carbocycles. The third kappa shape index (κ3) is 4.27. The molecule has 2 heterocycles. The smallest absolute Gasteiger partial charge is 0.234 e. The van der Waals surface area contributed by atoms with Gasteiger partial charge in [-0.15, -0.1) is 0 Å². The van der Waals surface area contributed by atoms with E-state index in [2.05, 4.69) is 53.0 Å². The highest BCUT2D eigenvalue weighted by molar-refractivity contribution is 5.35. The molecule has 0 aromatic carbocycles. The van der Waals surface area contributed by atoms with E-state index in [-0.39, 0.29) is 12.0 Å². The van der Waals surface area contributed by atoms with Crippen LogP contribution in [0.25, 0.3) is 5.78 Å². The van der Waals surface area contributed by atoms with Crippen LogP contribution in [0.15, 0.2) is 12.3 Å². The monoisotopic (exact) mass is 304 g/mol. The van der Waals surface area contributed by atoms with E-state index in [1.54, 1.807) is 0 Å². The van der Waals surface area contributed by atoms with E-state index in [0.717, 1.165) is 48.9 Å². The Kier molecular flexibility index (Phi) is 5.19.